The van der Waals surface area contributed by atoms with E-state index < -0.39 is 0 Å². The van der Waals surface area contributed by atoms with E-state index in [9.17, 15) is 0 Å². The molecular formula is C15H26N4O. The molecule has 20 heavy (non-hydrogen) atoms. The van der Waals surface area contributed by atoms with E-state index in [0.29, 0.717) is 11.9 Å². The Morgan fingerprint density at radius 2 is 2.20 bits per heavy atom. The van der Waals surface area contributed by atoms with Crippen molar-refractivity contribution in [1.82, 2.24) is 9.97 Å². The number of aromatic nitrogens is 2. The van der Waals surface area contributed by atoms with E-state index in [1.807, 2.05) is 0 Å². The van der Waals surface area contributed by atoms with Gasteiger partial charge in [0.15, 0.2) is 0 Å². The number of hydrogen-bond donors (Lipinski definition) is 1. The Bertz CT molecular complexity index is 424. The first kappa shape index (κ1) is 15.0. The Balaban J connectivity index is 2.12. The first-order chi connectivity index (χ1) is 9.76. The van der Waals surface area contributed by atoms with E-state index >= 15 is 0 Å². The first-order valence-electron chi connectivity index (χ1n) is 7.72. The molecule has 2 rings (SSSR count). The molecule has 1 unspecified atom stereocenters. The molecule has 1 fully saturated rings. The third kappa shape index (κ3) is 3.60. The average molecular weight is 278 g/mol. The van der Waals surface area contributed by atoms with Gasteiger partial charge in [0.2, 0.25) is 0 Å². The van der Waals surface area contributed by atoms with Gasteiger partial charge >= 0.3 is 0 Å². The van der Waals surface area contributed by atoms with Crippen molar-refractivity contribution in [3.63, 3.8) is 0 Å². The number of hydrogen-bond acceptors (Lipinski definition) is 5. The van der Waals surface area contributed by atoms with Crippen LogP contribution >= 0.6 is 0 Å². The van der Waals surface area contributed by atoms with Gasteiger partial charge in [0.1, 0.15) is 18.0 Å². The summed E-state index contributed by atoms with van der Waals surface area (Å²) >= 11 is 0. The largest absolute Gasteiger partial charge is 0.383 e. The van der Waals surface area contributed by atoms with Crippen LogP contribution in [0.25, 0.3) is 0 Å². The minimum absolute atomic E-state index is 0.314. The quantitative estimate of drug-likeness (QED) is 0.865. The molecule has 5 nitrogen and oxygen atoms in total. The highest BCUT2D eigenvalue weighted by Crippen LogP contribution is 2.26. The zero-order chi connectivity index (χ0) is 14.4. The minimum atomic E-state index is 0.314. The summed E-state index contributed by atoms with van der Waals surface area (Å²) in [6.07, 6.45) is 7.21. The molecule has 5 heteroatoms. The van der Waals surface area contributed by atoms with Gasteiger partial charge in [0.05, 0.1) is 6.10 Å². The Labute approximate surface area is 121 Å². The summed E-state index contributed by atoms with van der Waals surface area (Å²) in [5.74, 6) is 1.62. The molecule has 1 saturated heterocycles. The number of rotatable bonds is 6. The minimum Gasteiger partial charge on any atom is -0.383 e. The fraction of sp³-hybridized carbons (Fsp3) is 0.733. The first-order valence-corrected chi connectivity index (χ1v) is 7.72. The predicted octanol–water partition coefficient (Wildman–Crippen LogP) is 2.41. The van der Waals surface area contributed by atoms with Crippen LogP contribution in [0.2, 0.25) is 0 Å². The van der Waals surface area contributed by atoms with Crippen LogP contribution < -0.4 is 10.6 Å². The number of nitrogens with two attached hydrogens (primary N) is 1. The van der Waals surface area contributed by atoms with Crippen molar-refractivity contribution in [3.8, 4) is 0 Å². The maximum atomic E-state index is 6.02. The maximum Gasteiger partial charge on any atom is 0.137 e. The molecule has 1 aromatic heterocycles. The van der Waals surface area contributed by atoms with Gasteiger partial charge in [0, 0.05) is 25.3 Å². The van der Waals surface area contributed by atoms with E-state index in [2.05, 4.69) is 28.7 Å². The highest BCUT2D eigenvalue weighted by atomic mass is 16.5. The zero-order valence-electron chi connectivity index (χ0n) is 12.6. The number of ether oxygens (including phenoxy) is 1. The van der Waals surface area contributed by atoms with Gasteiger partial charge in [-0.25, -0.2) is 9.97 Å². The molecule has 1 aromatic rings. The van der Waals surface area contributed by atoms with Crippen LogP contribution in [-0.4, -0.2) is 35.8 Å². The van der Waals surface area contributed by atoms with Crippen molar-refractivity contribution >= 4 is 11.6 Å². The van der Waals surface area contributed by atoms with Gasteiger partial charge in [-0.15, -0.1) is 0 Å². The lowest BCUT2D eigenvalue weighted by Gasteiger charge is -2.34. The predicted molar refractivity (Wildman–Crippen MR) is 81.9 cm³/mol. The molecule has 0 radical (unpaired) electrons. The lowest BCUT2D eigenvalue weighted by atomic mass is 10.1. The molecule has 2 heterocycles. The molecule has 0 bridgehead atoms. The monoisotopic (exact) mass is 278 g/mol. The molecule has 112 valence electrons. The lowest BCUT2D eigenvalue weighted by Crippen LogP contribution is -2.41. The third-order valence-corrected chi connectivity index (χ3v) is 3.69. The summed E-state index contributed by atoms with van der Waals surface area (Å²) < 4.78 is 5.90. The Morgan fingerprint density at radius 3 is 2.95 bits per heavy atom. The van der Waals surface area contributed by atoms with E-state index in [-0.39, 0.29) is 0 Å². The fourth-order valence-electron chi connectivity index (χ4n) is 2.73. The molecule has 1 aliphatic heterocycles. The van der Waals surface area contributed by atoms with Crippen molar-refractivity contribution < 1.29 is 4.74 Å². The third-order valence-electron chi connectivity index (χ3n) is 3.69. The van der Waals surface area contributed by atoms with E-state index in [1.165, 1.54) is 0 Å². The van der Waals surface area contributed by atoms with Crippen LogP contribution in [0, 0.1) is 0 Å². The molecule has 0 spiro atoms. The second kappa shape index (κ2) is 7.43. The Hall–Kier alpha value is -1.36. The number of anilines is 2. The van der Waals surface area contributed by atoms with Crippen molar-refractivity contribution in [1.29, 1.82) is 0 Å². The highest BCUT2D eigenvalue weighted by Gasteiger charge is 2.23. The topological polar surface area (TPSA) is 64.3 Å². The maximum absolute atomic E-state index is 6.02. The van der Waals surface area contributed by atoms with Crippen LogP contribution in [0.15, 0.2) is 6.33 Å². The highest BCUT2D eigenvalue weighted by molar-refractivity contribution is 5.57. The van der Waals surface area contributed by atoms with E-state index in [0.717, 1.165) is 63.2 Å². The van der Waals surface area contributed by atoms with Gasteiger partial charge in [-0.3, -0.25) is 0 Å². The number of nitrogen functional groups attached to an aromatic ring is 1. The van der Waals surface area contributed by atoms with Crippen molar-refractivity contribution in [2.75, 3.05) is 30.3 Å². The van der Waals surface area contributed by atoms with Gasteiger partial charge in [0.25, 0.3) is 0 Å². The molecule has 0 aliphatic carbocycles. The average Bonchev–Trinajstić information content (AvgIpc) is 2.48. The van der Waals surface area contributed by atoms with E-state index in [1.54, 1.807) is 6.33 Å². The van der Waals surface area contributed by atoms with Crippen LogP contribution in [0.5, 0.6) is 0 Å². The van der Waals surface area contributed by atoms with Gasteiger partial charge in [-0.05, 0) is 25.7 Å². The SMILES string of the molecule is CCCOC1CCCN(c2ncnc(N)c2CCC)C1. The van der Waals surface area contributed by atoms with Crippen LogP contribution in [0.3, 0.4) is 0 Å². The second-order valence-electron chi connectivity index (χ2n) is 5.39. The van der Waals surface area contributed by atoms with Gasteiger partial charge < -0.3 is 15.4 Å². The van der Waals surface area contributed by atoms with Crippen molar-refractivity contribution in [2.45, 2.75) is 52.1 Å². The molecule has 0 amide bonds. The number of piperidine rings is 1. The van der Waals surface area contributed by atoms with Crippen LogP contribution in [0.1, 0.15) is 45.1 Å². The summed E-state index contributed by atoms with van der Waals surface area (Å²) in [6.45, 7) is 7.07. The van der Waals surface area contributed by atoms with Crippen molar-refractivity contribution in [2.24, 2.45) is 0 Å². The zero-order valence-corrected chi connectivity index (χ0v) is 12.6. The van der Waals surface area contributed by atoms with Gasteiger partial charge in [-0.2, -0.15) is 0 Å². The normalized spacial score (nSPS) is 19.3. The summed E-state index contributed by atoms with van der Waals surface area (Å²) in [5, 5.41) is 0. The van der Waals surface area contributed by atoms with Crippen LogP contribution in [0.4, 0.5) is 11.6 Å². The standard InChI is InChI=1S/C15H26N4O/c1-3-6-13-14(16)17-11-18-15(13)19-8-5-7-12(10-19)20-9-4-2/h11-12H,3-10H2,1-2H3,(H2,16,17,18). The molecule has 0 saturated carbocycles. The lowest BCUT2D eigenvalue weighted by molar-refractivity contribution is 0.0439. The molecule has 2 N–H and O–H groups in total. The summed E-state index contributed by atoms with van der Waals surface area (Å²) in [5.41, 5.74) is 7.11. The summed E-state index contributed by atoms with van der Waals surface area (Å²) in [7, 11) is 0. The van der Waals surface area contributed by atoms with E-state index in [4.69, 9.17) is 10.5 Å². The fourth-order valence-corrected chi connectivity index (χ4v) is 2.73. The molecular weight excluding hydrogens is 252 g/mol. The molecule has 0 aromatic carbocycles. The Morgan fingerprint density at radius 1 is 1.35 bits per heavy atom. The Kier molecular flexibility index (Phi) is 5.59. The second-order valence-corrected chi connectivity index (χ2v) is 5.39. The van der Waals surface area contributed by atoms with Crippen molar-refractivity contribution in [3.05, 3.63) is 11.9 Å². The number of nitrogens with zero attached hydrogens (tertiary/aromatic N) is 3. The smallest absolute Gasteiger partial charge is 0.137 e. The molecule has 1 atom stereocenters. The van der Waals surface area contributed by atoms with Gasteiger partial charge in [-0.1, -0.05) is 20.3 Å². The molecule has 1 aliphatic rings. The summed E-state index contributed by atoms with van der Waals surface area (Å²) in [6, 6.07) is 0. The van der Waals surface area contributed by atoms with Crippen LogP contribution in [-0.2, 0) is 11.2 Å². The summed E-state index contributed by atoms with van der Waals surface area (Å²) in [4.78, 5) is 10.9.